The molecule has 2 N–H and O–H groups in total. The van der Waals surface area contributed by atoms with Gasteiger partial charge in [-0.25, -0.2) is 13.9 Å². The van der Waals surface area contributed by atoms with Gasteiger partial charge in [-0.1, -0.05) is 26.0 Å². The molecule has 0 saturated carbocycles. The van der Waals surface area contributed by atoms with E-state index in [0.717, 1.165) is 0 Å². The summed E-state index contributed by atoms with van der Waals surface area (Å²) in [4.78, 5) is 24.7. The number of benzene rings is 1. The van der Waals surface area contributed by atoms with E-state index < -0.39 is 17.3 Å². The minimum atomic E-state index is -0.779. The predicted molar refractivity (Wildman–Crippen MR) is 88.0 cm³/mol. The lowest BCUT2D eigenvalue weighted by Crippen LogP contribution is -2.31. The van der Waals surface area contributed by atoms with Gasteiger partial charge in [0.15, 0.2) is 0 Å². The van der Waals surface area contributed by atoms with Gasteiger partial charge in [0.25, 0.3) is 5.56 Å². The average molecular weight is 333 g/mol. The van der Waals surface area contributed by atoms with Crippen LogP contribution >= 0.6 is 0 Å². The molecule has 24 heavy (non-hydrogen) atoms. The molecule has 0 aliphatic rings. The van der Waals surface area contributed by atoms with E-state index in [1.165, 1.54) is 30.1 Å². The molecule has 1 aromatic heterocycles. The normalized spacial score (nSPS) is 10.9. The fraction of sp³-hybridized carbons (Fsp3) is 0.353. The Hall–Kier alpha value is -2.54. The minimum Gasteiger partial charge on any atom is -0.465 e. The van der Waals surface area contributed by atoms with Crippen molar-refractivity contribution >= 4 is 5.97 Å². The molecule has 128 valence electrons. The number of aromatic nitrogens is 2. The van der Waals surface area contributed by atoms with E-state index in [1.807, 2.05) is 13.8 Å². The number of hydrogen-bond acceptors (Lipinski definition) is 5. The Morgan fingerprint density at radius 3 is 2.67 bits per heavy atom. The molecular formula is C17H20FN3O3. The molecular weight excluding hydrogens is 313 g/mol. The minimum absolute atomic E-state index is 0.0597. The Labute approximate surface area is 139 Å². The number of rotatable bonds is 5. The summed E-state index contributed by atoms with van der Waals surface area (Å²) in [6.45, 7) is 4.29. The van der Waals surface area contributed by atoms with Crippen LogP contribution in [-0.2, 0) is 17.8 Å². The van der Waals surface area contributed by atoms with Crippen LogP contribution < -0.4 is 11.3 Å². The molecule has 0 radical (unpaired) electrons. The van der Waals surface area contributed by atoms with Gasteiger partial charge in [0.05, 0.1) is 13.3 Å². The van der Waals surface area contributed by atoms with Gasteiger partial charge in [-0.3, -0.25) is 4.79 Å². The molecule has 7 heteroatoms. The number of hydrogen-bond donors (Lipinski definition) is 1. The number of methoxy groups -OCH3 is 1. The number of halogens is 1. The first-order valence-corrected chi connectivity index (χ1v) is 7.56. The molecule has 0 aliphatic carbocycles. The number of esters is 1. The van der Waals surface area contributed by atoms with E-state index in [4.69, 9.17) is 10.5 Å². The summed E-state index contributed by atoms with van der Waals surface area (Å²) in [6, 6.07) is 4.35. The van der Waals surface area contributed by atoms with Gasteiger partial charge in [0.1, 0.15) is 11.4 Å². The van der Waals surface area contributed by atoms with Crippen molar-refractivity contribution in [2.75, 3.05) is 7.11 Å². The van der Waals surface area contributed by atoms with Crippen LogP contribution in [0.15, 0.2) is 29.2 Å². The molecule has 0 atom stereocenters. The molecule has 0 fully saturated rings. The first-order chi connectivity index (χ1) is 11.4. The van der Waals surface area contributed by atoms with Crippen molar-refractivity contribution in [3.05, 3.63) is 51.7 Å². The van der Waals surface area contributed by atoms with Crippen LogP contribution in [0.3, 0.4) is 0 Å². The van der Waals surface area contributed by atoms with Crippen molar-refractivity contribution in [1.82, 2.24) is 9.78 Å². The lowest BCUT2D eigenvalue weighted by molar-refractivity contribution is 0.0598. The number of ether oxygens (including phenoxy) is 1. The standard InChI is InChI=1S/C17H20FN3O3/c1-10(2)9-21-16(22)15(17(23)24-3)13(8-20-21)11-4-5-12(7-19)14(18)6-11/h4-6,8,10H,7,9,19H2,1-3H3. The summed E-state index contributed by atoms with van der Waals surface area (Å²) >= 11 is 0. The molecule has 2 aromatic rings. The number of nitrogens with zero attached hydrogens (tertiary/aromatic N) is 2. The summed E-state index contributed by atoms with van der Waals surface area (Å²) < 4.78 is 19.9. The van der Waals surface area contributed by atoms with Crippen molar-refractivity contribution in [3.8, 4) is 11.1 Å². The quantitative estimate of drug-likeness (QED) is 0.845. The molecule has 0 aliphatic heterocycles. The van der Waals surface area contributed by atoms with Gasteiger partial charge in [-0.15, -0.1) is 0 Å². The zero-order valence-electron chi connectivity index (χ0n) is 13.9. The number of nitrogens with two attached hydrogens (primary N) is 1. The third-order valence-electron chi connectivity index (χ3n) is 3.56. The van der Waals surface area contributed by atoms with Crippen LogP contribution in [0.1, 0.15) is 29.8 Å². The monoisotopic (exact) mass is 333 g/mol. The van der Waals surface area contributed by atoms with Crippen molar-refractivity contribution in [3.63, 3.8) is 0 Å². The lowest BCUT2D eigenvalue weighted by Gasteiger charge is -2.13. The van der Waals surface area contributed by atoms with Crippen LogP contribution in [-0.4, -0.2) is 22.9 Å². The fourth-order valence-corrected chi connectivity index (χ4v) is 2.36. The van der Waals surface area contributed by atoms with Crippen molar-refractivity contribution in [1.29, 1.82) is 0 Å². The van der Waals surface area contributed by atoms with Gasteiger partial charge in [0, 0.05) is 24.2 Å². The largest absolute Gasteiger partial charge is 0.465 e. The Morgan fingerprint density at radius 1 is 1.42 bits per heavy atom. The third-order valence-corrected chi connectivity index (χ3v) is 3.56. The van der Waals surface area contributed by atoms with Gasteiger partial charge >= 0.3 is 5.97 Å². The Bertz CT molecular complexity index is 815. The molecule has 0 saturated heterocycles. The molecule has 0 spiro atoms. The second-order valence-electron chi connectivity index (χ2n) is 5.82. The zero-order chi connectivity index (χ0) is 17.9. The molecule has 0 unspecified atom stereocenters. The summed E-state index contributed by atoms with van der Waals surface area (Å²) in [5, 5.41) is 4.09. The highest BCUT2D eigenvalue weighted by Gasteiger charge is 2.21. The van der Waals surface area contributed by atoms with Gasteiger partial charge in [0.2, 0.25) is 0 Å². The van der Waals surface area contributed by atoms with Crippen molar-refractivity contribution in [2.24, 2.45) is 11.7 Å². The third kappa shape index (κ3) is 3.51. The maximum absolute atomic E-state index is 14.0. The highest BCUT2D eigenvalue weighted by molar-refractivity contribution is 5.96. The number of carbonyl (C=O) groups is 1. The smallest absolute Gasteiger partial charge is 0.344 e. The second-order valence-corrected chi connectivity index (χ2v) is 5.82. The summed E-state index contributed by atoms with van der Waals surface area (Å²) in [6.07, 6.45) is 1.38. The maximum atomic E-state index is 14.0. The van der Waals surface area contributed by atoms with Crippen LogP contribution in [0.4, 0.5) is 4.39 Å². The Balaban J connectivity index is 2.65. The van der Waals surface area contributed by atoms with Gasteiger partial charge in [-0.2, -0.15) is 5.10 Å². The molecule has 1 aromatic carbocycles. The van der Waals surface area contributed by atoms with Crippen molar-refractivity contribution < 1.29 is 13.9 Å². The lowest BCUT2D eigenvalue weighted by atomic mass is 10.0. The number of carbonyl (C=O) groups excluding carboxylic acids is 1. The molecule has 1 heterocycles. The van der Waals surface area contributed by atoms with Crippen LogP contribution in [0.5, 0.6) is 0 Å². The first-order valence-electron chi connectivity index (χ1n) is 7.56. The van der Waals surface area contributed by atoms with E-state index in [2.05, 4.69) is 5.10 Å². The highest BCUT2D eigenvalue weighted by Crippen LogP contribution is 2.24. The van der Waals surface area contributed by atoms with E-state index in [9.17, 15) is 14.0 Å². The summed E-state index contributed by atoms with van der Waals surface area (Å²) in [7, 11) is 1.19. The summed E-state index contributed by atoms with van der Waals surface area (Å²) in [5.41, 5.74) is 5.68. The van der Waals surface area contributed by atoms with Crippen molar-refractivity contribution in [2.45, 2.75) is 26.9 Å². The first kappa shape index (κ1) is 17.8. The fourth-order valence-electron chi connectivity index (χ4n) is 2.36. The van der Waals surface area contributed by atoms with Crippen LogP contribution in [0.2, 0.25) is 0 Å². The molecule has 6 nitrogen and oxygen atoms in total. The topological polar surface area (TPSA) is 87.2 Å². The SMILES string of the molecule is COC(=O)c1c(-c2ccc(CN)c(F)c2)cnn(CC(C)C)c1=O. The van der Waals surface area contributed by atoms with E-state index in [1.54, 1.807) is 6.07 Å². The molecule has 0 amide bonds. The zero-order valence-corrected chi connectivity index (χ0v) is 13.9. The molecule has 2 rings (SSSR count). The van der Waals surface area contributed by atoms with Gasteiger partial charge < -0.3 is 10.5 Å². The van der Waals surface area contributed by atoms with Gasteiger partial charge in [-0.05, 0) is 17.5 Å². The van der Waals surface area contributed by atoms with E-state index >= 15 is 0 Å². The molecule has 0 bridgehead atoms. The van der Waals surface area contributed by atoms with Crippen LogP contribution in [0.25, 0.3) is 11.1 Å². The Morgan fingerprint density at radius 2 is 2.12 bits per heavy atom. The average Bonchev–Trinajstić information content (AvgIpc) is 2.55. The highest BCUT2D eigenvalue weighted by atomic mass is 19.1. The Kier molecular flexibility index (Phi) is 5.46. The second kappa shape index (κ2) is 7.35. The van der Waals surface area contributed by atoms with E-state index in [-0.39, 0.29) is 23.6 Å². The summed E-state index contributed by atoms with van der Waals surface area (Å²) in [5.74, 6) is -1.11. The predicted octanol–water partition coefficient (Wildman–Crippen LogP) is 1.95. The van der Waals surface area contributed by atoms with Crippen LogP contribution in [0, 0.1) is 11.7 Å². The maximum Gasteiger partial charge on any atom is 0.344 e. The van der Waals surface area contributed by atoms with E-state index in [0.29, 0.717) is 17.7 Å².